The van der Waals surface area contributed by atoms with E-state index < -0.39 is 7.82 Å². The van der Waals surface area contributed by atoms with Crippen LogP contribution in [0.2, 0.25) is 0 Å². The second-order valence-electron chi connectivity index (χ2n) is 4.43. The molecule has 0 aromatic heterocycles. The molecular formula is C13H20NO4P. The van der Waals surface area contributed by atoms with Crippen molar-refractivity contribution >= 4 is 13.5 Å². The molecule has 0 fully saturated rings. The van der Waals surface area contributed by atoms with Crippen molar-refractivity contribution in [2.75, 3.05) is 0 Å². The first-order chi connectivity index (χ1) is 8.87. The van der Waals surface area contributed by atoms with Crippen molar-refractivity contribution in [1.82, 2.24) is 0 Å². The highest BCUT2D eigenvalue weighted by Crippen LogP contribution is 2.36. The summed E-state index contributed by atoms with van der Waals surface area (Å²) in [6, 6.07) is 7.64. The first-order valence-corrected chi connectivity index (χ1v) is 7.79. The van der Waals surface area contributed by atoms with Gasteiger partial charge >= 0.3 is 7.82 Å². The van der Waals surface area contributed by atoms with E-state index in [1.54, 1.807) is 0 Å². The molecule has 6 heteroatoms. The highest BCUT2D eigenvalue weighted by atomic mass is 31.2. The molecule has 1 aromatic carbocycles. The van der Waals surface area contributed by atoms with Crippen LogP contribution in [-0.4, -0.2) is 15.5 Å². The molecule has 0 spiro atoms. The first-order valence-electron chi connectivity index (χ1n) is 6.26. The SMILES string of the molecule is CCC(CC)C(=NOP(=O)(O)O)c1cccc(C)c1. The number of benzene rings is 1. The van der Waals surface area contributed by atoms with Crippen LogP contribution in [0.5, 0.6) is 0 Å². The van der Waals surface area contributed by atoms with Gasteiger partial charge in [0.1, 0.15) is 0 Å². The van der Waals surface area contributed by atoms with Crippen LogP contribution in [0.1, 0.15) is 37.8 Å². The van der Waals surface area contributed by atoms with E-state index in [0.29, 0.717) is 5.71 Å². The summed E-state index contributed by atoms with van der Waals surface area (Å²) in [6.07, 6.45) is 1.65. The van der Waals surface area contributed by atoms with E-state index in [4.69, 9.17) is 9.79 Å². The molecule has 0 bridgehead atoms. The fourth-order valence-corrected chi connectivity index (χ4v) is 2.13. The number of rotatable bonds is 6. The van der Waals surface area contributed by atoms with Gasteiger partial charge < -0.3 is 0 Å². The van der Waals surface area contributed by atoms with Crippen LogP contribution in [0.25, 0.3) is 0 Å². The minimum atomic E-state index is -4.60. The monoisotopic (exact) mass is 285 g/mol. The van der Waals surface area contributed by atoms with Crippen molar-refractivity contribution in [2.45, 2.75) is 33.6 Å². The number of hydrogen-bond acceptors (Lipinski definition) is 3. The van der Waals surface area contributed by atoms with Crippen molar-refractivity contribution in [2.24, 2.45) is 11.1 Å². The molecule has 0 aliphatic heterocycles. The Morgan fingerprint density at radius 2 is 2.00 bits per heavy atom. The zero-order chi connectivity index (χ0) is 14.5. The van der Waals surface area contributed by atoms with Crippen LogP contribution in [-0.2, 0) is 9.19 Å². The summed E-state index contributed by atoms with van der Waals surface area (Å²) in [5.41, 5.74) is 2.48. The maximum Gasteiger partial charge on any atom is 0.545 e. The lowest BCUT2D eigenvalue weighted by Crippen LogP contribution is -2.15. The molecule has 0 heterocycles. The predicted molar refractivity (Wildman–Crippen MR) is 74.9 cm³/mol. The molecule has 0 unspecified atom stereocenters. The summed E-state index contributed by atoms with van der Waals surface area (Å²) in [5, 5.41) is 3.70. The Morgan fingerprint density at radius 1 is 1.37 bits per heavy atom. The number of oxime groups is 1. The molecular weight excluding hydrogens is 265 g/mol. The number of aryl methyl sites for hydroxylation is 1. The van der Waals surface area contributed by atoms with Crippen molar-refractivity contribution in [1.29, 1.82) is 0 Å². The third-order valence-electron chi connectivity index (χ3n) is 2.93. The molecule has 0 amide bonds. The maximum atomic E-state index is 10.8. The normalized spacial score (nSPS) is 12.8. The van der Waals surface area contributed by atoms with E-state index in [1.165, 1.54) is 0 Å². The van der Waals surface area contributed by atoms with Crippen molar-refractivity contribution in [3.8, 4) is 0 Å². The average molecular weight is 285 g/mol. The average Bonchev–Trinajstić information content (AvgIpc) is 2.33. The molecule has 0 saturated carbocycles. The molecule has 0 atom stereocenters. The van der Waals surface area contributed by atoms with E-state index >= 15 is 0 Å². The van der Waals surface area contributed by atoms with E-state index in [2.05, 4.69) is 9.78 Å². The fourth-order valence-electron chi connectivity index (χ4n) is 1.94. The molecule has 0 aliphatic carbocycles. The minimum absolute atomic E-state index is 0.105. The van der Waals surface area contributed by atoms with Crippen molar-refractivity contribution < 1.29 is 19.0 Å². The van der Waals surface area contributed by atoms with Gasteiger partial charge in [-0.1, -0.05) is 48.8 Å². The summed E-state index contributed by atoms with van der Waals surface area (Å²) < 4.78 is 15.1. The van der Waals surface area contributed by atoms with Gasteiger partial charge in [0.2, 0.25) is 0 Å². The van der Waals surface area contributed by atoms with Crippen LogP contribution < -0.4 is 0 Å². The first kappa shape index (κ1) is 15.9. The van der Waals surface area contributed by atoms with Gasteiger partial charge in [-0.05, 0) is 25.3 Å². The van der Waals surface area contributed by atoms with Gasteiger partial charge in [0.05, 0.1) is 5.71 Å². The molecule has 1 aromatic rings. The molecule has 5 nitrogen and oxygen atoms in total. The molecule has 1 rings (SSSR count). The Bertz CT molecular complexity index is 491. The van der Waals surface area contributed by atoms with Crippen LogP contribution in [0, 0.1) is 12.8 Å². The lowest BCUT2D eigenvalue weighted by atomic mass is 9.91. The van der Waals surface area contributed by atoms with Crippen LogP contribution in [0.4, 0.5) is 0 Å². The zero-order valence-corrected chi connectivity index (χ0v) is 12.3. The van der Waals surface area contributed by atoms with Crippen molar-refractivity contribution in [3.05, 3.63) is 35.4 Å². The molecule has 0 aliphatic rings. The van der Waals surface area contributed by atoms with Gasteiger partial charge in [0.25, 0.3) is 0 Å². The molecule has 0 radical (unpaired) electrons. The largest absolute Gasteiger partial charge is 0.545 e. The lowest BCUT2D eigenvalue weighted by molar-refractivity contribution is 0.203. The predicted octanol–water partition coefficient (Wildman–Crippen LogP) is 3.24. The van der Waals surface area contributed by atoms with E-state index in [9.17, 15) is 4.57 Å². The Hall–Kier alpha value is -1.16. The van der Waals surface area contributed by atoms with Gasteiger partial charge in [-0.15, -0.1) is 0 Å². The van der Waals surface area contributed by atoms with Crippen molar-refractivity contribution in [3.63, 3.8) is 0 Å². The van der Waals surface area contributed by atoms with Gasteiger partial charge in [0, 0.05) is 5.92 Å². The van der Waals surface area contributed by atoms with Crippen LogP contribution in [0.15, 0.2) is 29.4 Å². The summed E-state index contributed by atoms with van der Waals surface area (Å²) in [5.74, 6) is 0.105. The Balaban J connectivity index is 3.15. The van der Waals surface area contributed by atoms with E-state index in [1.807, 2.05) is 45.0 Å². The second kappa shape index (κ2) is 6.85. The smallest absolute Gasteiger partial charge is 0.292 e. The zero-order valence-electron chi connectivity index (χ0n) is 11.4. The molecule has 2 N–H and O–H groups in total. The third kappa shape index (κ3) is 5.15. The van der Waals surface area contributed by atoms with Gasteiger partial charge in [-0.2, -0.15) is 0 Å². The number of hydrogen-bond donors (Lipinski definition) is 2. The van der Waals surface area contributed by atoms with E-state index in [0.717, 1.165) is 24.0 Å². The fraction of sp³-hybridized carbons (Fsp3) is 0.462. The topological polar surface area (TPSA) is 79.1 Å². The molecule has 0 saturated heterocycles. The molecule has 19 heavy (non-hydrogen) atoms. The number of phosphoric acid groups is 1. The summed E-state index contributed by atoms with van der Waals surface area (Å²) in [4.78, 5) is 17.6. The highest BCUT2D eigenvalue weighted by molar-refractivity contribution is 7.46. The summed E-state index contributed by atoms with van der Waals surface area (Å²) >= 11 is 0. The Kier molecular flexibility index (Phi) is 5.73. The highest BCUT2D eigenvalue weighted by Gasteiger charge is 2.19. The number of nitrogens with zero attached hydrogens (tertiary/aromatic N) is 1. The van der Waals surface area contributed by atoms with Gasteiger partial charge in [-0.3, -0.25) is 14.4 Å². The van der Waals surface area contributed by atoms with Crippen LogP contribution in [0.3, 0.4) is 0 Å². The Labute approximate surface area is 113 Å². The molecule has 106 valence electrons. The Morgan fingerprint density at radius 3 is 2.47 bits per heavy atom. The standard InChI is InChI=1S/C13H20NO4P/c1-4-11(5-2)13(14-18-19(15,16)17)12-8-6-7-10(3)9-12/h6-9,11H,4-5H2,1-3H3,(H2,15,16,17). The maximum absolute atomic E-state index is 10.8. The quantitative estimate of drug-likeness (QED) is 0.477. The summed E-state index contributed by atoms with van der Waals surface area (Å²) in [7, 11) is -4.60. The third-order valence-corrected chi connectivity index (χ3v) is 3.23. The minimum Gasteiger partial charge on any atom is -0.292 e. The van der Waals surface area contributed by atoms with Gasteiger partial charge in [-0.25, -0.2) is 4.57 Å². The van der Waals surface area contributed by atoms with E-state index in [-0.39, 0.29) is 5.92 Å². The second-order valence-corrected chi connectivity index (χ2v) is 5.58. The van der Waals surface area contributed by atoms with Gasteiger partial charge in [0.15, 0.2) is 0 Å². The van der Waals surface area contributed by atoms with Crippen LogP contribution >= 0.6 is 7.82 Å². The summed E-state index contributed by atoms with van der Waals surface area (Å²) in [6.45, 7) is 5.98. The lowest BCUT2D eigenvalue weighted by Gasteiger charge is -2.16.